The predicted molar refractivity (Wildman–Crippen MR) is 150 cm³/mol. The van der Waals surface area contributed by atoms with E-state index in [9.17, 15) is 10.4 Å². The van der Waals surface area contributed by atoms with E-state index in [1.807, 2.05) is 6.07 Å². The minimum atomic E-state index is -0.180. The van der Waals surface area contributed by atoms with Crippen molar-refractivity contribution < 1.29 is 19.3 Å². The highest BCUT2D eigenvalue weighted by molar-refractivity contribution is 7.13. The summed E-state index contributed by atoms with van der Waals surface area (Å²) >= 11 is 1.71. The summed E-state index contributed by atoms with van der Waals surface area (Å²) in [7, 11) is 4.70. The molecule has 0 bridgehead atoms. The van der Waals surface area contributed by atoms with Gasteiger partial charge in [-0.25, -0.2) is 0 Å². The largest absolute Gasteiger partial charge is 0.493 e. The summed E-state index contributed by atoms with van der Waals surface area (Å²) in [4.78, 5) is 8.22. The Morgan fingerprint density at radius 3 is 2.47 bits per heavy atom. The van der Waals surface area contributed by atoms with Gasteiger partial charge in [0.1, 0.15) is 6.07 Å². The van der Waals surface area contributed by atoms with E-state index < -0.39 is 0 Å². The van der Waals surface area contributed by atoms with E-state index in [0.717, 1.165) is 48.9 Å². The maximum atomic E-state index is 9.84. The molecule has 0 spiro atoms. The van der Waals surface area contributed by atoms with Crippen LogP contribution in [-0.4, -0.2) is 55.5 Å². The molecule has 2 aromatic heterocycles. The third-order valence-corrected chi connectivity index (χ3v) is 7.89. The van der Waals surface area contributed by atoms with Crippen molar-refractivity contribution in [2.24, 2.45) is 0 Å². The van der Waals surface area contributed by atoms with Crippen LogP contribution in [0.25, 0.3) is 21.3 Å². The lowest BCUT2D eigenvalue weighted by Gasteiger charge is -2.29. The van der Waals surface area contributed by atoms with Gasteiger partial charge in [-0.3, -0.25) is 9.88 Å². The molecule has 38 heavy (non-hydrogen) atoms. The Bertz CT molecular complexity index is 1460. The summed E-state index contributed by atoms with van der Waals surface area (Å²) in [5.74, 6) is 1.53. The number of nitrogens with zero attached hydrogens (tertiary/aromatic N) is 3. The molecule has 0 aliphatic carbocycles. The number of piperidine rings is 1. The van der Waals surface area contributed by atoms with Crippen LogP contribution in [0.2, 0.25) is 0 Å². The van der Waals surface area contributed by atoms with Crippen molar-refractivity contribution in [2.75, 3.05) is 39.7 Å². The molecular formula is C29H30N4O4S. The molecule has 2 N–H and O–H groups in total. The molecule has 0 radical (unpaired) electrons. The fraction of sp³-hybridized carbons (Fsp3) is 0.310. The van der Waals surface area contributed by atoms with Crippen LogP contribution in [0, 0.1) is 11.3 Å². The number of benzene rings is 2. The summed E-state index contributed by atoms with van der Waals surface area (Å²) in [6, 6.07) is 14.2. The van der Waals surface area contributed by atoms with E-state index in [4.69, 9.17) is 14.2 Å². The van der Waals surface area contributed by atoms with Crippen LogP contribution in [-0.2, 0) is 6.54 Å². The summed E-state index contributed by atoms with van der Waals surface area (Å²) in [5.41, 5.74) is 4.95. The monoisotopic (exact) mass is 530 g/mol. The van der Waals surface area contributed by atoms with E-state index in [1.54, 1.807) is 51.0 Å². The highest BCUT2D eigenvalue weighted by Gasteiger charge is 2.20. The number of fused-ring (bicyclic) bond motifs is 1. The molecule has 1 aliphatic heterocycles. The van der Waals surface area contributed by atoms with E-state index in [1.165, 1.54) is 10.4 Å². The Morgan fingerprint density at radius 2 is 1.82 bits per heavy atom. The molecule has 4 aromatic rings. The standard InChI is InChI=1S/C29H30N4O4S/c1-35-25-13-21(14-26(36-2)28(25)37-3)32-27-20(15-30)16-31-24-12-18(4-5-23(24)27)29-19(8-11-38-29)17-33-9-6-22(34)7-10-33/h4-5,8,11-14,16,22,34H,6-7,9-10,17H2,1-3H3,(H,31,32). The quantitative estimate of drug-likeness (QED) is 0.305. The number of thiophene rings is 1. The molecule has 2 aromatic carbocycles. The lowest BCUT2D eigenvalue weighted by Crippen LogP contribution is -2.35. The second-order valence-corrected chi connectivity index (χ2v) is 10.1. The molecule has 0 unspecified atom stereocenters. The molecule has 1 fully saturated rings. The maximum absolute atomic E-state index is 9.84. The van der Waals surface area contributed by atoms with Gasteiger partial charge in [-0.1, -0.05) is 12.1 Å². The number of nitrogens with one attached hydrogen (secondary N) is 1. The minimum absolute atomic E-state index is 0.180. The van der Waals surface area contributed by atoms with E-state index >= 15 is 0 Å². The average molecular weight is 531 g/mol. The van der Waals surface area contributed by atoms with Crippen molar-refractivity contribution in [3.05, 3.63) is 59.1 Å². The molecular weight excluding hydrogens is 500 g/mol. The third-order valence-electron chi connectivity index (χ3n) is 6.88. The number of rotatable bonds is 8. The average Bonchev–Trinajstić information content (AvgIpc) is 3.41. The van der Waals surface area contributed by atoms with Gasteiger partial charge in [0.15, 0.2) is 11.5 Å². The molecule has 1 aliphatic rings. The first-order valence-electron chi connectivity index (χ1n) is 12.4. The number of hydrogen-bond donors (Lipinski definition) is 2. The van der Waals surface area contributed by atoms with Crippen molar-refractivity contribution in [2.45, 2.75) is 25.5 Å². The lowest BCUT2D eigenvalue weighted by molar-refractivity contribution is 0.0793. The Balaban J connectivity index is 1.49. The van der Waals surface area contributed by atoms with Crippen LogP contribution < -0.4 is 19.5 Å². The van der Waals surface area contributed by atoms with Gasteiger partial charge in [0, 0.05) is 53.9 Å². The summed E-state index contributed by atoms with van der Waals surface area (Å²) in [5, 5.41) is 26.0. The Morgan fingerprint density at radius 1 is 1.08 bits per heavy atom. The molecule has 5 rings (SSSR count). The second-order valence-electron chi connectivity index (χ2n) is 9.21. The summed E-state index contributed by atoms with van der Waals surface area (Å²) < 4.78 is 16.4. The first kappa shape index (κ1) is 25.8. The summed E-state index contributed by atoms with van der Waals surface area (Å²) in [6.07, 6.45) is 3.06. The first-order chi connectivity index (χ1) is 18.5. The molecule has 1 saturated heterocycles. The van der Waals surface area contributed by atoms with E-state index in [2.05, 4.69) is 44.8 Å². The topological polar surface area (TPSA) is 99.9 Å². The van der Waals surface area contributed by atoms with Gasteiger partial charge in [0.25, 0.3) is 0 Å². The van der Waals surface area contributed by atoms with Gasteiger partial charge in [-0.2, -0.15) is 5.26 Å². The zero-order valence-electron chi connectivity index (χ0n) is 21.7. The molecule has 8 nitrogen and oxygen atoms in total. The number of likely N-dealkylation sites (tertiary alicyclic amines) is 1. The van der Waals surface area contributed by atoms with E-state index in [-0.39, 0.29) is 6.10 Å². The Hall–Kier alpha value is -3.84. The molecule has 9 heteroatoms. The number of pyridine rings is 1. The zero-order chi connectivity index (χ0) is 26.6. The number of nitriles is 1. The number of anilines is 2. The number of aliphatic hydroxyl groups is 1. The van der Waals surface area contributed by atoms with Gasteiger partial charge in [0.05, 0.1) is 44.2 Å². The highest BCUT2D eigenvalue weighted by Crippen LogP contribution is 2.42. The summed E-state index contributed by atoms with van der Waals surface area (Å²) in [6.45, 7) is 2.67. The van der Waals surface area contributed by atoms with Crippen molar-refractivity contribution in [1.82, 2.24) is 9.88 Å². The minimum Gasteiger partial charge on any atom is -0.493 e. The molecule has 0 atom stereocenters. The van der Waals surface area contributed by atoms with Crippen LogP contribution in [0.1, 0.15) is 24.0 Å². The van der Waals surface area contributed by atoms with Gasteiger partial charge in [-0.15, -0.1) is 11.3 Å². The van der Waals surface area contributed by atoms with Crippen LogP contribution >= 0.6 is 11.3 Å². The number of ether oxygens (including phenoxy) is 3. The van der Waals surface area contributed by atoms with Crippen molar-refractivity contribution in [3.8, 4) is 33.8 Å². The second kappa shape index (κ2) is 11.3. The molecule has 0 saturated carbocycles. The van der Waals surface area contributed by atoms with Crippen LogP contribution in [0.4, 0.5) is 11.4 Å². The SMILES string of the molecule is COc1cc(Nc2c(C#N)cnc3cc(-c4sccc4CN4CCC(O)CC4)ccc23)cc(OC)c1OC. The molecule has 3 heterocycles. The van der Waals surface area contributed by atoms with Crippen LogP contribution in [0.15, 0.2) is 48.0 Å². The van der Waals surface area contributed by atoms with Gasteiger partial charge >= 0.3 is 0 Å². The van der Waals surface area contributed by atoms with Crippen LogP contribution in [0.3, 0.4) is 0 Å². The number of aliphatic hydroxyl groups excluding tert-OH is 1. The zero-order valence-corrected chi connectivity index (χ0v) is 22.5. The van der Waals surface area contributed by atoms with Crippen molar-refractivity contribution in [1.29, 1.82) is 5.26 Å². The van der Waals surface area contributed by atoms with Crippen molar-refractivity contribution >= 4 is 33.6 Å². The van der Waals surface area contributed by atoms with Gasteiger partial charge in [-0.05, 0) is 41.5 Å². The number of methoxy groups -OCH3 is 3. The smallest absolute Gasteiger partial charge is 0.203 e. The van der Waals surface area contributed by atoms with Crippen LogP contribution in [0.5, 0.6) is 17.2 Å². The number of aromatic nitrogens is 1. The fourth-order valence-electron chi connectivity index (χ4n) is 4.88. The molecule has 196 valence electrons. The first-order valence-corrected chi connectivity index (χ1v) is 13.3. The van der Waals surface area contributed by atoms with Gasteiger partial charge in [0.2, 0.25) is 5.75 Å². The van der Waals surface area contributed by atoms with Crippen molar-refractivity contribution in [3.63, 3.8) is 0 Å². The Labute approximate surface area is 226 Å². The normalized spacial score (nSPS) is 14.3. The third kappa shape index (κ3) is 5.11. The lowest BCUT2D eigenvalue weighted by atomic mass is 10.0. The molecule has 0 amide bonds. The fourth-order valence-corrected chi connectivity index (χ4v) is 5.80. The predicted octanol–water partition coefficient (Wildman–Crippen LogP) is 5.56. The Kier molecular flexibility index (Phi) is 7.65. The maximum Gasteiger partial charge on any atom is 0.203 e. The number of hydrogen-bond acceptors (Lipinski definition) is 9. The van der Waals surface area contributed by atoms with Gasteiger partial charge < -0.3 is 24.6 Å². The highest BCUT2D eigenvalue weighted by atomic mass is 32.1. The van der Waals surface area contributed by atoms with E-state index in [0.29, 0.717) is 34.2 Å².